The molecular formula is C18H18BrNO. The Morgan fingerprint density at radius 3 is 2.67 bits per heavy atom. The predicted octanol–water partition coefficient (Wildman–Crippen LogP) is 4.97. The van der Waals surface area contributed by atoms with Crippen LogP contribution in [0.15, 0.2) is 53.0 Å². The maximum atomic E-state index is 12.1. The molecule has 0 unspecified atom stereocenters. The van der Waals surface area contributed by atoms with E-state index in [1.54, 1.807) is 6.08 Å². The lowest BCUT2D eigenvalue weighted by atomic mass is 10.1. The van der Waals surface area contributed by atoms with Crippen LogP contribution in [0, 0.1) is 6.92 Å². The summed E-state index contributed by atoms with van der Waals surface area (Å²) in [5.74, 6) is -0.116. The molecule has 2 aromatic rings. The van der Waals surface area contributed by atoms with Gasteiger partial charge in [0.1, 0.15) is 0 Å². The number of carbonyl (C=O) groups excluding carboxylic acids is 1. The molecule has 0 aliphatic carbocycles. The lowest BCUT2D eigenvalue weighted by Gasteiger charge is -2.11. The van der Waals surface area contributed by atoms with Gasteiger partial charge in [0.25, 0.3) is 0 Å². The Morgan fingerprint density at radius 1 is 1.19 bits per heavy atom. The van der Waals surface area contributed by atoms with Crippen molar-refractivity contribution >= 4 is 33.6 Å². The van der Waals surface area contributed by atoms with Crippen molar-refractivity contribution in [2.45, 2.75) is 20.3 Å². The van der Waals surface area contributed by atoms with Crippen molar-refractivity contribution in [3.8, 4) is 0 Å². The molecule has 0 aliphatic rings. The summed E-state index contributed by atoms with van der Waals surface area (Å²) < 4.78 is 0.971. The van der Waals surface area contributed by atoms with Crippen molar-refractivity contribution in [1.29, 1.82) is 0 Å². The smallest absolute Gasteiger partial charge is 0.248 e. The SMILES string of the molecule is CCc1cccc(C)c1NC(=O)/C=C/c1ccccc1Br. The number of hydrogen-bond acceptors (Lipinski definition) is 1. The molecule has 0 aliphatic heterocycles. The van der Waals surface area contributed by atoms with Gasteiger partial charge < -0.3 is 5.32 Å². The zero-order chi connectivity index (χ0) is 15.2. The second-order valence-corrected chi connectivity index (χ2v) is 5.66. The molecule has 0 fully saturated rings. The highest BCUT2D eigenvalue weighted by atomic mass is 79.9. The summed E-state index contributed by atoms with van der Waals surface area (Å²) in [6.45, 7) is 4.09. The van der Waals surface area contributed by atoms with Crippen molar-refractivity contribution in [3.63, 3.8) is 0 Å². The Balaban J connectivity index is 2.14. The van der Waals surface area contributed by atoms with Crippen molar-refractivity contribution in [1.82, 2.24) is 0 Å². The van der Waals surface area contributed by atoms with E-state index in [-0.39, 0.29) is 5.91 Å². The summed E-state index contributed by atoms with van der Waals surface area (Å²) in [4.78, 5) is 12.1. The fourth-order valence-electron chi connectivity index (χ4n) is 2.14. The molecular weight excluding hydrogens is 326 g/mol. The monoisotopic (exact) mass is 343 g/mol. The van der Waals surface area contributed by atoms with E-state index in [0.717, 1.165) is 33.3 Å². The predicted molar refractivity (Wildman–Crippen MR) is 92.4 cm³/mol. The number of hydrogen-bond donors (Lipinski definition) is 1. The van der Waals surface area contributed by atoms with Crippen LogP contribution in [0.5, 0.6) is 0 Å². The fraction of sp³-hybridized carbons (Fsp3) is 0.167. The van der Waals surface area contributed by atoms with Gasteiger partial charge in [0.05, 0.1) is 0 Å². The Bertz CT molecular complexity index is 677. The molecule has 0 saturated heterocycles. The number of halogens is 1. The van der Waals surface area contributed by atoms with E-state index in [1.807, 2.05) is 55.5 Å². The van der Waals surface area contributed by atoms with E-state index in [2.05, 4.69) is 28.2 Å². The molecule has 0 bridgehead atoms. The highest BCUT2D eigenvalue weighted by molar-refractivity contribution is 9.10. The summed E-state index contributed by atoms with van der Waals surface area (Å²) >= 11 is 3.46. The normalized spacial score (nSPS) is 10.8. The number of benzene rings is 2. The third-order valence-electron chi connectivity index (χ3n) is 3.31. The Labute approximate surface area is 134 Å². The van der Waals surface area contributed by atoms with Gasteiger partial charge in [-0.25, -0.2) is 0 Å². The maximum Gasteiger partial charge on any atom is 0.248 e. The number of nitrogens with one attached hydrogen (secondary N) is 1. The first kappa shape index (κ1) is 15.5. The summed E-state index contributed by atoms with van der Waals surface area (Å²) in [5, 5.41) is 2.98. The van der Waals surface area contributed by atoms with Gasteiger partial charge in [0.15, 0.2) is 0 Å². The van der Waals surface area contributed by atoms with Crippen LogP contribution in [-0.2, 0) is 11.2 Å². The highest BCUT2D eigenvalue weighted by Gasteiger charge is 2.06. The van der Waals surface area contributed by atoms with Gasteiger partial charge >= 0.3 is 0 Å². The van der Waals surface area contributed by atoms with Crippen LogP contribution >= 0.6 is 15.9 Å². The largest absolute Gasteiger partial charge is 0.322 e. The highest BCUT2D eigenvalue weighted by Crippen LogP contribution is 2.21. The average Bonchev–Trinajstić information content (AvgIpc) is 2.48. The third-order valence-corrected chi connectivity index (χ3v) is 4.03. The van der Waals surface area contributed by atoms with Crippen molar-refractivity contribution in [3.05, 3.63) is 69.7 Å². The van der Waals surface area contributed by atoms with Crippen molar-refractivity contribution < 1.29 is 4.79 Å². The van der Waals surface area contributed by atoms with Gasteiger partial charge in [-0.05, 0) is 42.2 Å². The zero-order valence-corrected chi connectivity index (χ0v) is 13.8. The van der Waals surface area contributed by atoms with E-state index < -0.39 is 0 Å². The summed E-state index contributed by atoms with van der Waals surface area (Å²) in [6, 6.07) is 13.9. The topological polar surface area (TPSA) is 29.1 Å². The molecule has 1 N–H and O–H groups in total. The van der Waals surface area contributed by atoms with Gasteiger partial charge in [-0.1, -0.05) is 59.3 Å². The second-order valence-electron chi connectivity index (χ2n) is 4.81. The molecule has 0 atom stereocenters. The third kappa shape index (κ3) is 4.05. The van der Waals surface area contributed by atoms with E-state index in [1.165, 1.54) is 0 Å². The van der Waals surface area contributed by atoms with Gasteiger partial charge in [0, 0.05) is 16.2 Å². The number of para-hydroxylation sites is 1. The lowest BCUT2D eigenvalue weighted by Crippen LogP contribution is -2.11. The maximum absolute atomic E-state index is 12.1. The first-order chi connectivity index (χ1) is 10.1. The van der Waals surface area contributed by atoms with Gasteiger partial charge in [0.2, 0.25) is 5.91 Å². The van der Waals surface area contributed by atoms with Crippen LogP contribution in [0.3, 0.4) is 0 Å². The first-order valence-electron chi connectivity index (χ1n) is 6.94. The van der Waals surface area contributed by atoms with Crippen LogP contribution < -0.4 is 5.32 Å². The molecule has 1 amide bonds. The average molecular weight is 344 g/mol. The van der Waals surface area contributed by atoms with E-state index in [9.17, 15) is 4.79 Å². The summed E-state index contributed by atoms with van der Waals surface area (Å²) in [5.41, 5.74) is 4.13. The molecule has 21 heavy (non-hydrogen) atoms. The molecule has 2 aromatic carbocycles. The van der Waals surface area contributed by atoms with Crippen molar-refractivity contribution in [2.24, 2.45) is 0 Å². The van der Waals surface area contributed by atoms with Gasteiger partial charge in [-0.15, -0.1) is 0 Å². The van der Waals surface area contributed by atoms with Gasteiger partial charge in [-0.2, -0.15) is 0 Å². The number of amides is 1. The van der Waals surface area contributed by atoms with Crippen LogP contribution in [0.2, 0.25) is 0 Å². The quantitative estimate of drug-likeness (QED) is 0.780. The fourth-order valence-corrected chi connectivity index (χ4v) is 2.56. The molecule has 108 valence electrons. The lowest BCUT2D eigenvalue weighted by molar-refractivity contribution is -0.111. The zero-order valence-electron chi connectivity index (χ0n) is 12.2. The standard InChI is InChI=1S/C18H18BrNO/c1-3-14-9-6-7-13(2)18(14)20-17(21)12-11-15-8-4-5-10-16(15)19/h4-12H,3H2,1-2H3,(H,20,21)/b12-11+. The van der Waals surface area contributed by atoms with Gasteiger partial charge in [-0.3, -0.25) is 4.79 Å². The number of carbonyl (C=O) groups is 1. The van der Waals surface area contributed by atoms with Crippen LogP contribution in [0.25, 0.3) is 6.08 Å². The van der Waals surface area contributed by atoms with Crippen LogP contribution in [-0.4, -0.2) is 5.91 Å². The minimum absolute atomic E-state index is 0.116. The van der Waals surface area contributed by atoms with E-state index in [4.69, 9.17) is 0 Å². The molecule has 0 saturated carbocycles. The summed E-state index contributed by atoms with van der Waals surface area (Å²) in [7, 11) is 0. The van der Waals surface area contributed by atoms with E-state index in [0.29, 0.717) is 0 Å². The number of rotatable bonds is 4. The molecule has 0 radical (unpaired) electrons. The minimum atomic E-state index is -0.116. The minimum Gasteiger partial charge on any atom is -0.322 e. The molecule has 3 heteroatoms. The first-order valence-corrected chi connectivity index (χ1v) is 7.73. The number of aryl methyl sites for hydroxylation is 2. The van der Waals surface area contributed by atoms with Crippen molar-refractivity contribution in [2.75, 3.05) is 5.32 Å². The Hall–Kier alpha value is -1.87. The molecule has 0 aromatic heterocycles. The van der Waals surface area contributed by atoms with E-state index >= 15 is 0 Å². The molecule has 2 nitrogen and oxygen atoms in total. The Kier molecular flexibility index (Phi) is 5.34. The number of anilines is 1. The van der Waals surface area contributed by atoms with Crippen LogP contribution in [0.4, 0.5) is 5.69 Å². The second kappa shape index (κ2) is 7.23. The summed E-state index contributed by atoms with van der Waals surface area (Å²) in [6.07, 6.45) is 4.26. The Morgan fingerprint density at radius 2 is 1.95 bits per heavy atom. The van der Waals surface area contributed by atoms with Crippen LogP contribution in [0.1, 0.15) is 23.6 Å². The molecule has 0 heterocycles. The molecule has 2 rings (SSSR count). The molecule has 0 spiro atoms.